The van der Waals surface area contributed by atoms with Crippen molar-refractivity contribution in [1.82, 2.24) is 4.98 Å². The number of carbonyl (C=O) groups excluding carboxylic acids is 1. The van der Waals surface area contributed by atoms with Crippen LogP contribution in [0.2, 0.25) is 0 Å². The highest BCUT2D eigenvalue weighted by Gasteiger charge is 2.14. The lowest BCUT2D eigenvalue weighted by molar-refractivity contribution is -0.117. The number of nitrogens with zero attached hydrogens (tertiary/aromatic N) is 1. The highest BCUT2D eigenvalue weighted by atomic mass is 32.1. The molecule has 0 aliphatic carbocycles. The zero-order valence-corrected chi connectivity index (χ0v) is 10.8. The fraction of sp³-hybridized carbons (Fsp3) is 0.231. The summed E-state index contributed by atoms with van der Waals surface area (Å²) in [6, 6.07) is 5.25. The fourth-order valence-corrected chi connectivity index (χ4v) is 2.47. The number of thiazole rings is 1. The van der Waals surface area contributed by atoms with Crippen molar-refractivity contribution in [3.05, 3.63) is 23.8 Å². The molecule has 0 aliphatic heterocycles. The molecule has 18 heavy (non-hydrogen) atoms. The number of terminal acetylenes is 1. The number of nitrogens with two attached hydrogens (primary N) is 1. The van der Waals surface area contributed by atoms with E-state index in [4.69, 9.17) is 12.2 Å². The average Bonchev–Trinajstić information content (AvgIpc) is 2.70. The number of nitrogens with one attached hydrogen (secondary N) is 1. The quantitative estimate of drug-likeness (QED) is 0.827. The van der Waals surface area contributed by atoms with Crippen LogP contribution in [-0.2, 0) is 4.79 Å². The molecule has 0 bridgehead atoms. The maximum atomic E-state index is 11.7. The molecule has 0 saturated heterocycles. The van der Waals surface area contributed by atoms with E-state index in [0.717, 1.165) is 15.8 Å². The molecule has 0 spiro atoms. The number of benzene rings is 1. The normalized spacial score (nSPS) is 12.1. The van der Waals surface area contributed by atoms with Gasteiger partial charge < -0.3 is 11.1 Å². The van der Waals surface area contributed by atoms with Gasteiger partial charge in [-0.2, -0.15) is 0 Å². The second-order valence-corrected chi connectivity index (χ2v) is 5.02. The van der Waals surface area contributed by atoms with Gasteiger partial charge in [-0.3, -0.25) is 4.79 Å². The minimum Gasteiger partial charge on any atom is -0.319 e. The summed E-state index contributed by atoms with van der Waals surface area (Å²) in [5.74, 6) is 2.06. The Kier molecular flexibility index (Phi) is 3.60. The van der Waals surface area contributed by atoms with Gasteiger partial charge in [0.2, 0.25) is 5.91 Å². The number of aromatic nitrogens is 1. The van der Waals surface area contributed by atoms with Gasteiger partial charge in [-0.1, -0.05) is 17.4 Å². The molecule has 3 N–H and O–H groups in total. The first-order chi connectivity index (χ1) is 8.60. The summed E-state index contributed by atoms with van der Waals surface area (Å²) < 4.78 is 1.04. The Morgan fingerprint density at radius 2 is 2.44 bits per heavy atom. The molecule has 1 aromatic heterocycles. The number of carbonyl (C=O) groups is 1. The van der Waals surface area contributed by atoms with E-state index in [-0.39, 0.29) is 12.3 Å². The van der Waals surface area contributed by atoms with E-state index in [2.05, 4.69) is 16.2 Å². The van der Waals surface area contributed by atoms with Gasteiger partial charge >= 0.3 is 0 Å². The SMILES string of the molecule is C#CCC(N)C(=O)Nc1nc2ccc(C)cc2s1. The third-order valence-electron chi connectivity index (χ3n) is 2.45. The van der Waals surface area contributed by atoms with Crippen molar-refractivity contribution in [2.75, 3.05) is 5.32 Å². The van der Waals surface area contributed by atoms with Crippen molar-refractivity contribution in [2.45, 2.75) is 19.4 Å². The zero-order chi connectivity index (χ0) is 13.1. The lowest BCUT2D eigenvalue weighted by Crippen LogP contribution is -2.35. The predicted molar refractivity (Wildman–Crippen MR) is 74.4 cm³/mol. The van der Waals surface area contributed by atoms with Crippen LogP contribution in [0.15, 0.2) is 18.2 Å². The van der Waals surface area contributed by atoms with E-state index < -0.39 is 6.04 Å². The van der Waals surface area contributed by atoms with Crippen LogP contribution in [0.5, 0.6) is 0 Å². The smallest absolute Gasteiger partial charge is 0.244 e. The number of hydrogen-bond donors (Lipinski definition) is 2. The Hall–Kier alpha value is -1.90. The van der Waals surface area contributed by atoms with Gasteiger partial charge in [0, 0.05) is 6.42 Å². The molecule has 2 aromatic rings. The molecule has 0 radical (unpaired) electrons. The Bertz CT molecular complexity index is 627. The van der Waals surface area contributed by atoms with Crippen LogP contribution in [0.4, 0.5) is 5.13 Å². The third kappa shape index (κ3) is 2.67. The molecule has 5 heteroatoms. The largest absolute Gasteiger partial charge is 0.319 e. The summed E-state index contributed by atoms with van der Waals surface area (Å²) in [6.07, 6.45) is 5.33. The van der Waals surface area contributed by atoms with E-state index in [1.165, 1.54) is 11.3 Å². The van der Waals surface area contributed by atoms with Gasteiger partial charge in [0.15, 0.2) is 5.13 Å². The molecule has 1 unspecified atom stereocenters. The molecular formula is C13H13N3OS. The van der Waals surface area contributed by atoms with Gasteiger partial charge in [-0.05, 0) is 24.6 Å². The van der Waals surface area contributed by atoms with E-state index in [9.17, 15) is 4.79 Å². The summed E-state index contributed by atoms with van der Waals surface area (Å²) in [5.41, 5.74) is 7.64. The van der Waals surface area contributed by atoms with Crippen LogP contribution in [0.3, 0.4) is 0 Å². The number of amides is 1. The maximum Gasteiger partial charge on any atom is 0.244 e. The van der Waals surface area contributed by atoms with Crippen molar-refractivity contribution in [3.8, 4) is 12.3 Å². The van der Waals surface area contributed by atoms with E-state index in [0.29, 0.717) is 5.13 Å². The Morgan fingerprint density at radius 1 is 1.67 bits per heavy atom. The number of hydrogen-bond acceptors (Lipinski definition) is 4. The van der Waals surface area contributed by atoms with E-state index >= 15 is 0 Å². The number of anilines is 1. The summed E-state index contributed by atoms with van der Waals surface area (Å²) in [7, 11) is 0. The first-order valence-electron chi connectivity index (χ1n) is 5.47. The molecule has 4 nitrogen and oxygen atoms in total. The molecule has 1 heterocycles. The van der Waals surface area contributed by atoms with Gasteiger partial charge in [0.1, 0.15) is 0 Å². The minimum absolute atomic E-state index is 0.218. The zero-order valence-electron chi connectivity index (χ0n) is 9.93. The Labute approximate surface area is 109 Å². The highest BCUT2D eigenvalue weighted by molar-refractivity contribution is 7.22. The van der Waals surface area contributed by atoms with E-state index in [1.54, 1.807) is 0 Å². The van der Waals surface area contributed by atoms with Crippen LogP contribution in [-0.4, -0.2) is 16.9 Å². The summed E-state index contributed by atoms with van der Waals surface area (Å²) in [4.78, 5) is 16.0. The molecule has 0 aliphatic rings. The lowest BCUT2D eigenvalue weighted by atomic mass is 10.2. The standard InChI is InChI=1S/C13H13N3OS/c1-3-4-9(14)12(17)16-13-15-10-6-5-8(2)7-11(10)18-13/h1,5-7,9H,4,14H2,2H3,(H,15,16,17). The van der Waals surface area contributed by atoms with Gasteiger partial charge in [-0.25, -0.2) is 4.98 Å². The van der Waals surface area contributed by atoms with E-state index in [1.807, 2.05) is 25.1 Å². The third-order valence-corrected chi connectivity index (χ3v) is 3.38. The average molecular weight is 259 g/mol. The monoisotopic (exact) mass is 259 g/mol. The second kappa shape index (κ2) is 5.17. The van der Waals surface area contributed by atoms with Crippen LogP contribution in [0.25, 0.3) is 10.2 Å². The second-order valence-electron chi connectivity index (χ2n) is 3.99. The lowest BCUT2D eigenvalue weighted by Gasteiger charge is -2.06. The van der Waals surface area contributed by atoms with Crippen molar-refractivity contribution in [3.63, 3.8) is 0 Å². The summed E-state index contributed by atoms with van der Waals surface area (Å²) in [5, 5.41) is 3.23. The number of aryl methyl sites for hydroxylation is 1. The van der Waals surface area contributed by atoms with Crippen molar-refractivity contribution in [1.29, 1.82) is 0 Å². The molecule has 0 saturated carbocycles. The Morgan fingerprint density at radius 3 is 3.17 bits per heavy atom. The Balaban J connectivity index is 2.17. The minimum atomic E-state index is -0.691. The van der Waals surface area contributed by atoms with Crippen LogP contribution in [0, 0.1) is 19.3 Å². The summed E-state index contributed by atoms with van der Waals surface area (Å²) in [6.45, 7) is 2.01. The van der Waals surface area contributed by atoms with Crippen LogP contribution in [0.1, 0.15) is 12.0 Å². The van der Waals surface area contributed by atoms with Crippen molar-refractivity contribution >= 4 is 32.6 Å². The predicted octanol–water partition coefficient (Wildman–Crippen LogP) is 1.89. The fourth-order valence-electron chi connectivity index (χ4n) is 1.50. The van der Waals surface area contributed by atoms with Crippen molar-refractivity contribution < 1.29 is 4.79 Å². The van der Waals surface area contributed by atoms with Crippen LogP contribution < -0.4 is 11.1 Å². The first kappa shape index (κ1) is 12.6. The molecule has 1 amide bonds. The number of fused-ring (bicyclic) bond motifs is 1. The summed E-state index contributed by atoms with van der Waals surface area (Å²) >= 11 is 1.42. The van der Waals surface area contributed by atoms with Gasteiger partial charge in [-0.15, -0.1) is 12.3 Å². The molecule has 92 valence electrons. The highest BCUT2D eigenvalue weighted by Crippen LogP contribution is 2.26. The molecule has 0 fully saturated rings. The topological polar surface area (TPSA) is 68.0 Å². The van der Waals surface area contributed by atoms with Gasteiger partial charge in [0.25, 0.3) is 0 Å². The van der Waals surface area contributed by atoms with Crippen molar-refractivity contribution in [2.24, 2.45) is 5.73 Å². The molecule has 2 rings (SSSR count). The van der Waals surface area contributed by atoms with Crippen LogP contribution >= 0.6 is 11.3 Å². The van der Waals surface area contributed by atoms with Gasteiger partial charge in [0.05, 0.1) is 16.3 Å². The number of rotatable bonds is 3. The molecule has 1 atom stereocenters. The maximum absolute atomic E-state index is 11.7. The molecule has 1 aromatic carbocycles. The first-order valence-corrected chi connectivity index (χ1v) is 6.29. The molecular weight excluding hydrogens is 246 g/mol.